The number of aliphatic carboxylic acids is 1. The van der Waals surface area contributed by atoms with Crippen LogP contribution in [0.3, 0.4) is 0 Å². The molecule has 1 aliphatic heterocycles. The summed E-state index contributed by atoms with van der Waals surface area (Å²) in [6.45, 7) is 1.24. The second-order valence-corrected chi connectivity index (χ2v) is 2.55. The summed E-state index contributed by atoms with van der Waals surface area (Å²) in [5, 5.41) is 11.5. The van der Waals surface area contributed by atoms with E-state index in [1.807, 2.05) is 0 Å². The second kappa shape index (κ2) is 2.98. The molecule has 0 amide bonds. The van der Waals surface area contributed by atoms with Crippen molar-refractivity contribution in [3.8, 4) is 0 Å². The van der Waals surface area contributed by atoms with Crippen molar-refractivity contribution in [1.29, 1.82) is 0 Å². The van der Waals surface area contributed by atoms with Crippen LogP contribution < -0.4 is 11.1 Å². The molecule has 0 aromatic rings. The zero-order valence-corrected chi connectivity index (χ0v) is 5.71. The quantitative estimate of drug-likeness (QED) is 0.465. The lowest BCUT2D eigenvalue weighted by Gasteiger charge is -2.11. The first-order valence-corrected chi connectivity index (χ1v) is 3.42. The molecule has 1 saturated heterocycles. The van der Waals surface area contributed by atoms with Gasteiger partial charge in [0.2, 0.25) is 0 Å². The monoisotopic (exact) mass is 144 g/mol. The molecule has 1 fully saturated rings. The van der Waals surface area contributed by atoms with Crippen molar-refractivity contribution in [3.63, 3.8) is 0 Å². The maximum Gasteiger partial charge on any atom is 0.321 e. The molecule has 58 valence electrons. The first-order valence-electron chi connectivity index (χ1n) is 3.42. The molecule has 0 spiro atoms. The highest BCUT2D eigenvalue weighted by molar-refractivity contribution is 5.74. The Bertz CT molecular complexity index is 138. The van der Waals surface area contributed by atoms with Crippen molar-refractivity contribution in [3.05, 3.63) is 0 Å². The fraction of sp³-hybridized carbons (Fsp3) is 0.833. The molecular weight excluding hydrogens is 132 g/mol. The Hall–Kier alpha value is -0.610. The van der Waals surface area contributed by atoms with E-state index in [9.17, 15) is 4.79 Å². The number of hydrogen-bond donors (Lipinski definition) is 3. The van der Waals surface area contributed by atoms with Gasteiger partial charge < -0.3 is 16.2 Å². The molecule has 4 heteroatoms. The second-order valence-electron chi connectivity index (χ2n) is 2.55. The van der Waals surface area contributed by atoms with Gasteiger partial charge >= 0.3 is 5.97 Å². The number of carbonyl (C=O) groups is 1. The van der Waals surface area contributed by atoms with Gasteiger partial charge in [-0.15, -0.1) is 0 Å². The van der Waals surface area contributed by atoms with Crippen LogP contribution in [0.5, 0.6) is 0 Å². The molecule has 0 bridgehead atoms. The molecule has 0 aliphatic carbocycles. The first-order chi connectivity index (χ1) is 4.75. The lowest BCUT2D eigenvalue weighted by molar-refractivity contribution is -0.140. The molecule has 10 heavy (non-hydrogen) atoms. The smallest absolute Gasteiger partial charge is 0.321 e. The van der Waals surface area contributed by atoms with Crippen LogP contribution in [0.15, 0.2) is 0 Å². The Morgan fingerprint density at radius 3 is 2.90 bits per heavy atom. The minimum atomic E-state index is -0.784. The van der Waals surface area contributed by atoms with Crippen LogP contribution in [0.2, 0.25) is 0 Å². The maximum atomic E-state index is 10.5. The third-order valence-electron chi connectivity index (χ3n) is 1.92. The van der Waals surface area contributed by atoms with E-state index in [2.05, 4.69) is 5.32 Å². The number of hydrogen-bond acceptors (Lipinski definition) is 3. The van der Waals surface area contributed by atoms with E-state index in [0.717, 1.165) is 13.0 Å². The summed E-state index contributed by atoms with van der Waals surface area (Å²) >= 11 is 0. The first kappa shape index (κ1) is 7.50. The Labute approximate surface area is 59.4 Å². The van der Waals surface area contributed by atoms with Crippen molar-refractivity contribution in [2.24, 2.45) is 11.7 Å². The van der Waals surface area contributed by atoms with E-state index in [1.54, 1.807) is 0 Å². The van der Waals surface area contributed by atoms with Crippen molar-refractivity contribution < 1.29 is 9.90 Å². The molecule has 2 atom stereocenters. The van der Waals surface area contributed by atoms with Gasteiger partial charge in [0, 0.05) is 0 Å². The van der Waals surface area contributed by atoms with E-state index in [0.29, 0.717) is 6.54 Å². The normalized spacial score (nSPS) is 32.5. The van der Waals surface area contributed by atoms with Gasteiger partial charge in [-0.2, -0.15) is 0 Å². The summed E-state index contributed by atoms with van der Waals surface area (Å²) in [7, 11) is 0. The summed E-state index contributed by atoms with van der Waals surface area (Å²) in [6, 6.07) is -0.412. The molecular formula is C6H12N2O2. The molecule has 1 heterocycles. The third-order valence-corrected chi connectivity index (χ3v) is 1.92. The maximum absolute atomic E-state index is 10.5. The summed E-state index contributed by atoms with van der Waals surface area (Å²) in [4.78, 5) is 10.5. The summed E-state index contributed by atoms with van der Waals surface area (Å²) in [5.41, 5.74) is 5.36. The van der Waals surface area contributed by atoms with Crippen molar-refractivity contribution in [2.45, 2.75) is 12.5 Å². The van der Waals surface area contributed by atoms with Crippen molar-refractivity contribution >= 4 is 5.97 Å². The van der Waals surface area contributed by atoms with E-state index in [4.69, 9.17) is 10.8 Å². The largest absolute Gasteiger partial charge is 0.480 e. The number of carboxylic acid groups (broad SMARTS) is 1. The standard InChI is InChI=1S/C6H12N2O2/c7-3-4-1-2-8-5(4)6(9)10/h4-5,8H,1-3,7H2,(H,9,10)/t4?,5-/m0/s1. The van der Waals surface area contributed by atoms with Gasteiger partial charge in [-0.3, -0.25) is 4.79 Å². The van der Waals surface area contributed by atoms with Gasteiger partial charge in [0.1, 0.15) is 6.04 Å². The van der Waals surface area contributed by atoms with Gasteiger partial charge in [0.05, 0.1) is 0 Å². The number of nitrogens with two attached hydrogens (primary N) is 1. The Balaban J connectivity index is 2.50. The molecule has 4 nitrogen and oxygen atoms in total. The Morgan fingerprint density at radius 2 is 2.50 bits per heavy atom. The molecule has 0 aromatic heterocycles. The zero-order chi connectivity index (χ0) is 7.56. The van der Waals surface area contributed by atoms with Gasteiger partial charge in [-0.05, 0) is 25.4 Å². The Kier molecular flexibility index (Phi) is 2.24. The van der Waals surface area contributed by atoms with E-state index in [1.165, 1.54) is 0 Å². The molecule has 1 aliphatic rings. The van der Waals surface area contributed by atoms with Crippen LogP contribution in [0.25, 0.3) is 0 Å². The molecule has 0 saturated carbocycles. The minimum Gasteiger partial charge on any atom is -0.480 e. The summed E-state index contributed by atoms with van der Waals surface area (Å²) in [6.07, 6.45) is 0.882. The van der Waals surface area contributed by atoms with Crippen LogP contribution in [0.4, 0.5) is 0 Å². The average Bonchev–Trinajstić information content (AvgIpc) is 2.33. The SMILES string of the molecule is NCC1CCN[C@@H]1C(=O)O. The number of carboxylic acids is 1. The van der Waals surface area contributed by atoms with Crippen molar-refractivity contribution in [1.82, 2.24) is 5.32 Å². The average molecular weight is 144 g/mol. The topological polar surface area (TPSA) is 75.3 Å². The highest BCUT2D eigenvalue weighted by atomic mass is 16.4. The fourth-order valence-corrected chi connectivity index (χ4v) is 1.30. The van der Waals surface area contributed by atoms with E-state index < -0.39 is 12.0 Å². The minimum absolute atomic E-state index is 0.123. The zero-order valence-electron chi connectivity index (χ0n) is 5.71. The molecule has 0 radical (unpaired) electrons. The predicted octanol–water partition coefficient (Wildman–Crippen LogP) is -0.992. The highest BCUT2D eigenvalue weighted by Gasteiger charge is 2.30. The van der Waals surface area contributed by atoms with Crippen LogP contribution >= 0.6 is 0 Å². The van der Waals surface area contributed by atoms with Crippen LogP contribution in [0, 0.1) is 5.92 Å². The summed E-state index contributed by atoms with van der Waals surface area (Å²) < 4.78 is 0. The Morgan fingerprint density at radius 1 is 1.80 bits per heavy atom. The lowest BCUT2D eigenvalue weighted by Crippen LogP contribution is -2.38. The van der Waals surface area contributed by atoms with E-state index in [-0.39, 0.29) is 5.92 Å². The number of nitrogens with one attached hydrogen (secondary N) is 1. The van der Waals surface area contributed by atoms with Gasteiger partial charge in [-0.25, -0.2) is 0 Å². The van der Waals surface area contributed by atoms with Crippen molar-refractivity contribution in [2.75, 3.05) is 13.1 Å². The predicted molar refractivity (Wildman–Crippen MR) is 36.6 cm³/mol. The summed E-state index contributed by atoms with van der Waals surface area (Å²) in [5.74, 6) is -0.662. The molecule has 1 rings (SSSR count). The lowest BCUT2D eigenvalue weighted by atomic mass is 10.0. The van der Waals surface area contributed by atoms with Gasteiger partial charge in [-0.1, -0.05) is 0 Å². The van der Waals surface area contributed by atoms with Gasteiger partial charge in [0.15, 0.2) is 0 Å². The van der Waals surface area contributed by atoms with Gasteiger partial charge in [0.25, 0.3) is 0 Å². The van der Waals surface area contributed by atoms with Crippen LogP contribution in [0.1, 0.15) is 6.42 Å². The van der Waals surface area contributed by atoms with Crippen LogP contribution in [-0.2, 0) is 4.79 Å². The third kappa shape index (κ3) is 1.27. The molecule has 1 unspecified atom stereocenters. The molecule has 0 aromatic carbocycles. The fourth-order valence-electron chi connectivity index (χ4n) is 1.30. The number of rotatable bonds is 2. The highest BCUT2D eigenvalue weighted by Crippen LogP contribution is 2.13. The molecule has 4 N–H and O–H groups in total. The van der Waals surface area contributed by atoms with E-state index >= 15 is 0 Å². The van der Waals surface area contributed by atoms with Crippen LogP contribution in [-0.4, -0.2) is 30.2 Å².